The molecule has 0 bridgehead atoms. The summed E-state index contributed by atoms with van der Waals surface area (Å²) >= 11 is 12.0. The van der Waals surface area contributed by atoms with Crippen molar-refractivity contribution >= 4 is 47.1 Å². The molecule has 0 fully saturated rings. The Bertz CT molecular complexity index is 909. The highest BCUT2D eigenvalue weighted by molar-refractivity contribution is 6.36. The first-order valence-corrected chi connectivity index (χ1v) is 8.59. The molecule has 0 atom stereocenters. The number of rotatable bonds is 5. The van der Waals surface area contributed by atoms with Crippen LogP contribution in [0.5, 0.6) is 5.75 Å². The van der Waals surface area contributed by atoms with Gasteiger partial charge in [-0.15, -0.1) is 4.99 Å². The van der Waals surface area contributed by atoms with Gasteiger partial charge in [0.15, 0.2) is 0 Å². The summed E-state index contributed by atoms with van der Waals surface area (Å²) < 4.78 is 4.94. The van der Waals surface area contributed by atoms with E-state index in [0.717, 1.165) is 0 Å². The standard InChI is InChI=1S/C18H15Cl2N3O5/c19-13-2-1-3-14(20)12(13)9-15(24)22-17(21)23-18(27)28-11-6-4-10(5-7-11)8-16(25)26/h1-7H,8-9H2,(H,25,26)(H3,21,22,23,24,27). The van der Waals surface area contributed by atoms with Crippen molar-refractivity contribution in [3.05, 3.63) is 63.6 Å². The lowest BCUT2D eigenvalue weighted by Gasteiger charge is -2.07. The van der Waals surface area contributed by atoms with E-state index < -0.39 is 23.9 Å². The van der Waals surface area contributed by atoms with Gasteiger partial charge in [0.05, 0.1) is 12.8 Å². The number of hydrogen-bond donors (Lipinski definition) is 3. The van der Waals surface area contributed by atoms with Gasteiger partial charge >= 0.3 is 12.1 Å². The van der Waals surface area contributed by atoms with Crippen LogP contribution in [0.2, 0.25) is 10.0 Å². The molecular formula is C18H15Cl2N3O5. The van der Waals surface area contributed by atoms with Crippen LogP contribution in [0.4, 0.5) is 4.79 Å². The zero-order valence-corrected chi connectivity index (χ0v) is 15.8. The largest absolute Gasteiger partial charge is 0.481 e. The summed E-state index contributed by atoms with van der Waals surface area (Å²) in [5.41, 5.74) is 6.48. The lowest BCUT2D eigenvalue weighted by Crippen LogP contribution is -2.38. The summed E-state index contributed by atoms with van der Waals surface area (Å²) in [6.07, 6.45) is -1.37. The van der Waals surface area contributed by atoms with Crippen molar-refractivity contribution in [1.29, 1.82) is 0 Å². The molecule has 0 aromatic heterocycles. The Morgan fingerprint density at radius 2 is 1.64 bits per heavy atom. The highest BCUT2D eigenvalue weighted by atomic mass is 35.5. The third-order valence-electron chi connectivity index (χ3n) is 3.36. The molecule has 2 rings (SSSR count). The molecule has 0 unspecified atom stereocenters. The van der Waals surface area contributed by atoms with Gasteiger partial charge in [-0.1, -0.05) is 41.4 Å². The van der Waals surface area contributed by atoms with Gasteiger partial charge in [0.2, 0.25) is 11.9 Å². The SMILES string of the molecule is N/C(=N\C(=O)Oc1ccc(CC(=O)O)cc1)NC(=O)Cc1c(Cl)cccc1Cl. The van der Waals surface area contributed by atoms with Gasteiger partial charge in [0.1, 0.15) is 5.75 Å². The Labute approximate surface area is 169 Å². The van der Waals surface area contributed by atoms with Gasteiger partial charge in [0.25, 0.3) is 0 Å². The van der Waals surface area contributed by atoms with E-state index in [4.69, 9.17) is 38.8 Å². The molecular weight excluding hydrogens is 409 g/mol. The average molecular weight is 424 g/mol. The van der Waals surface area contributed by atoms with Crippen LogP contribution in [0.15, 0.2) is 47.5 Å². The van der Waals surface area contributed by atoms with Crippen molar-refractivity contribution in [1.82, 2.24) is 5.32 Å². The summed E-state index contributed by atoms with van der Waals surface area (Å²) in [6, 6.07) is 10.7. The third-order valence-corrected chi connectivity index (χ3v) is 4.07. The topological polar surface area (TPSA) is 131 Å². The second kappa shape index (κ2) is 9.72. The van der Waals surface area contributed by atoms with Crippen LogP contribution in [-0.2, 0) is 22.4 Å². The second-order valence-electron chi connectivity index (χ2n) is 5.50. The maximum absolute atomic E-state index is 12.0. The van der Waals surface area contributed by atoms with E-state index in [1.807, 2.05) is 0 Å². The number of halogens is 2. The van der Waals surface area contributed by atoms with Crippen LogP contribution in [0, 0.1) is 0 Å². The van der Waals surface area contributed by atoms with E-state index >= 15 is 0 Å². The van der Waals surface area contributed by atoms with Crippen LogP contribution in [0.3, 0.4) is 0 Å². The predicted molar refractivity (Wildman–Crippen MR) is 104 cm³/mol. The Kier molecular flexibility index (Phi) is 7.36. The maximum Gasteiger partial charge on any atom is 0.442 e. The van der Waals surface area contributed by atoms with Gasteiger partial charge in [-0.25, -0.2) is 4.79 Å². The van der Waals surface area contributed by atoms with Gasteiger partial charge in [-0.2, -0.15) is 0 Å². The summed E-state index contributed by atoms with van der Waals surface area (Å²) in [4.78, 5) is 37.8. The van der Waals surface area contributed by atoms with E-state index in [0.29, 0.717) is 21.2 Å². The number of amides is 2. The molecule has 10 heteroatoms. The minimum atomic E-state index is -1.06. The number of nitrogens with zero attached hydrogens (tertiary/aromatic N) is 1. The van der Waals surface area contributed by atoms with Crippen LogP contribution in [0.1, 0.15) is 11.1 Å². The summed E-state index contributed by atoms with van der Waals surface area (Å²) in [5.74, 6) is -1.86. The smallest absolute Gasteiger partial charge is 0.442 e. The van der Waals surface area contributed by atoms with Gasteiger partial charge < -0.3 is 15.6 Å². The molecule has 0 aliphatic heterocycles. The number of carboxylic acid groups (broad SMARTS) is 1. The fourth-order valence-electron chi connectivity index (χ4n) is 2.15. The first-order valence-electron chi connectivity index (χ1n) is 7.84. The quantitative estimate of drug-likeness (QED) is 0.500. The normalized spacial score (nSPS) is 11.0. The molecule has 28 heavy (non-hydrogen) atoms. The number of ether oxygens (including phenoxy) is 1. The van der Waals surface area contributed by atoms with E-state index in [2.05, 4.69) is 10.3 Å². The van der Waals surface area contributed by atoms with Crippen molar-refractivity contribution in [2.75, 3.05) is 0 Å². The van der Waals surface area contributed by atoms with Crippen LogP contribution < -0.4 is 15.8 Å². The lowest BCUT2D eigenvalue weighted by molar-refractivity contribution is -0.136. The number of guanidine groups is 1. The summed E-state index contributed by atoms with van der Waals surface area (Å²) in [6.45, 7) is 0. The number of carboxylic acids is 1. The van der Waals surface area contributed by atoms with Gasteiger partial charge in [-0.3, -0.25) is 14.9 Å². The minimum absolute atomic E-state index is 0.143. The van der Waals surface area contributed by atoms with E-state index in [1.165, 1.54) is 24.3 Å². The Morgan fingerprint density at radius 3 is 2.21 bits per heavy atom. The molecule has 2 aromatic carbocycles. The molecule has 0 spiro atoms. The van der Waals surface area contributed by atoms with Gasteiger partial charge in [-0.05, 0) is 35.4 Å². The highest BCUT2D eigenvalue weighted by Gasteiger charge is 2.13. The first-order chi connectivity index (χ1) is 13.2. The minimum Gasteiger partial charge on any atom is -0.481 e. The molecule has 0 aliphatic rings. The molecule has 0 heterocycles. The maximum atomic E-state index is 12.0. The monoisotopic (exact) mass is 423 g/mol. The third kappa shape index (κ3) is 6.57. The molecule has 0 aliphatic carbocycles. The van der Waals surface area contributed by atoms with Crippen LogP contribution in [-0.4, -0.2) is 29.0 Å². The number of aliphatic carboxylic acids is 1. The fraction of sp³-hybridized carbons (Fsp3) is 0.111. The number of carbonyl (C=O) groups is 3. The molecule has 0 saturated carbocycles. The van der Waals surface area contributed by atoms with Crippen molar-refractivity contribution in [3.8, 4) is 5.75 Å². The molecule has 146 valence electrons. The number of carbonyl (C=O) groups excluding carboxylic acids is 2. The van der Waals surface area contributed by atoms with Crippen molar-refractivity contribution in [2.45, 2.75) is 12.8 Å². The molecule has 8 nitrogen and oxygen atoms in total. The molecule has 2 amide bonds. The Hall–Kier alpha value is -3.10. The molecule has 0 radical (unpaired) electrons. The fourth-order valence-corrected chi connectivity index (χ4v) is 2.68. The summed E-state index contributed by atoms with van der Waals surface area (Å²) in [5, 5.41) is 11.6. The van der Waals surface area contributed by atoms with E-state index in [9.17, 15) is 14.4 Å². The number of benzene rings is 2. The van der Waals surface area contributed by atoms with Crippen LogP contribution in [0.25, 0.3) is 0 Å². The number of nitrogens with two attached hydrogens (primary N) is 1. The number of nitrogens with one attached hydrogen (secondary N) is 1. The lowest BCUT2D eigenvalue weighted by atomic mass is 10.1. The first kappa shape index (κ1) is 21.2. The molecule has 4 N–H and O–H groups in total. The zero-order chi connectivity index (χ0) is 20.7. The van der Waals surface area contributed by atoms with E-state index in [1.54, 1.807) is 18.2 Å². The van der Waals surface area contributed by atoms with Crippen molar-refractivity contribution in [2.24, 2.45) is 10.7 Å². The van der Waals surface area contributed by atoms with E-state index in [-0.39, 0.29) is 18.6 Å². The summed E-state index contributed by atoms with van der Waals surface area (Å²) in [7, 11) is 0. The zero-order valence-electron chi connectivity index (χ0n) is 14.3. The average Bonchev–Trinajstić information content (AvgIpc) is 2.59. The molecule has 0 saturated heterocycles. The van der Waals surface area contributed by atoms with Gasteiger partial charge in [0, 0.05) is 10.0 Å². The van der Waals surface area contributed by atoms with Crippen LogP contribution >= 0.6 is 23.2 Å². The molecule has 2 aromatic rings. The number of aliphatic imine (C=N–C) groups is 1. The Morgan fingerprint density at radius 1 is 1.04 bits per heavy atom. The van der Waals surface area contributed by atoms with Crippen molar-refractivity contribution < 1.29 is 24.2 Å². The second-order valence-corrected chi connectivity index (χ2v) is 6.32. The van der Waals surface area contributed by atoms with Crippen molar-refractivity contribution in [3.63, 3.8) is 0 Å². The predicted octanol–water partition coefficient (Wildman–Crippen LogP) is 2.79. The Balaban J connectivity index is 1.92. The highest BCUT2D eigenvalue weighted by Crippen LogP contribution is 2.24. The number of hydrogen-bond acceptors (Lipinski definition) is 4.